The van der Waals surface area contributed by atoms with Crippen molar-refractivity contribution in [2.45, 2.75) is 58.7 Å². The molecule has 0 aromatic carbocycles. The number of carbonyl (C=O) groups is 2. The average Bonchev–Trinajstić information content (AvgIpc) is 2.56. The molecule has 0 saturated carbocycles. The Balaban J connectivity index is 3.23. The summed E-state index contributed by atoms with van der Waals surface area (Å²) in [6.07, 6.45) is 6.25. The predicted octanol–water partition coefficient (Wildman–Crippen LogP) is 2.73. The van der Waals surface area contributed by atoms with E-state index in [1.807, 2.05) is 32.9 Å². The molecule has 1 heterocycles. The molecule has 0 saturated heterocycles. The highest BCUT2D eigenvalue weighted by atomic mass is 16.5. The lowest BCUT2D eigenvalue weighted by atomic mass is 9.86. The molecule has 2 N–H and O–H groups in total. The Kier molecular flexibility index (Phi) is 7.77. The lowest BCUT2D eigenvalue weighted by molar-refractivity contribution is -0.161. The van der Waals surface area contributed by atoms with E-state index in [1.54, 1.807) is 6.08 Å². The van der Waals surface area contributed by atoms with Gasteiger partial charge in [-0.2, -0.15) is 0 Å². The molecular weight excluding hydrogens is 320 g/mol. The zero-order valence-corrected chi connectivity index (χ0v) is 15.6. The topological polar surface area (TPSA) is 83.8 Å². The second-order valence-electron chi connectivity index (χ2n) is 6.97. The smallest absolute Gasteiger partial charge is 0.316 e. The number of cyclic esters (lactones) is 1. The number of hydrogen-bond acceptors (Lipinski definition) is 5. The van der Waals surface area contributed by atoms with E-state index >= 15 is 0 Å². The molecule has 0 radical (unpaired) electrons. The van der Waals surface area contributed by atoms with Crippen molar-refractivity contribution < 1.29 is 24.5 Å². The summed E-state index contributed by atoms with van der Waals surface area (Å²) in [6, 6.07) is 0. The molecule has 0 spiro atoms. The van der Waals surface area contributed by atoms with E-state index < -0.39 is 36.0 Å². The maximum absolute atomic E-state index is 12.5. The van der Waals surface area contributed by atoms with E-state index in [9.17, 15) is 19.8 Å². The molecule has 0 bridgehead atoms. The van der Waals surface area contributed by atoms with Crippen molar-refractivity contribution in [2.24, 2.45) is 11.8 Å². The van der Waals surface area contributed by atoms with Gasteiger partial charge in [0.1, 0.15) is 17.6 Å². The first kappa shape index (κ1) is 21.3. The lowest BCUT2D eigenvalue weighted by Crippen LogP contribution is -2.47. The number of carbonyl (C=O) groups excluding carboxylic acids is 2. The molecule has 1 aliphatic heterocycles. The second-order valence-corrected chi connectivity index (χ2v) is 6.97. The monoisotopic (exact) mass is 350 g/mol. The number of hydrogen-bond donors (Lipinski definition) is 2. The fourth-order valence-corrected chi connectivity index (χ4v) is 2.94. The van der Waals surface area contributed by atoms with Crippen LogP contribution in [0.1, 0.15) is 47.0 Å². The Hall–Kier alpha value is -1.72. The van der Waals surface area contributed by atoms with Crippen LogP contribution in [0.4, 0.5) is 0 Å². The van der Waals surface area contributed by atoms with Gasteiger partial charge in [0.2, 0.25) is 0 Å². The SMILES string of the molecule is C=C1/C=C(\C)[C@H](CC)OC(=O)[C@H](C)C(=O)[C@@](O)(CO)C/C=C\[C@@H](C)C1. The number of aliphatic hydroxyl groups is 2. The highest BCUT2D eigenvalue weighted by Gasteiger charge is 2.41. The molecule has 5 nitrogen and oxygen atoms in total. The third-order valence-corrected chi connectivity index (χ3v) is 4.54. The third kappa shape index (κ3) is 5.65. The summed E-state index contributed by atoms with van der Waals surface area (Å²) in [5, 5.41) is 20.0. The Morgan fingerprint density at radius 2 is 2.00 bits per heavy atom. The number of Topliss-reactive ketones (excluding diaryl/α,β-unsaturated/α-hetero) is 1. The second kappa shape index (κ2) is 9.11. The molecule has 0 aromatic heterocycles. The van der Waals surface area contributed by atoms with E-state index in [0.29, 0.717) is 12.8 Å². The number of ether oxygens (including phenoxy) is 1. The molecule has 5 heteroatoms. The highest BCUT2D eigenvalue weighted by Crippen LogP contribution is 2.23. The Bertz CT molecular complexity index is 575. The summed E-state index contributed by atoms with van der Waals surface area (Å²) in [5.74, 6) is -2.42. The first-order valence-corrected chi connectivity index (χ1v) is 8.75. The molecular formula is C20H30O5. The number of ketones is 1. The van der Waals surface area contributed by atoms with Crippen molar-refractivity contribution in [3.63, 3.8) is 0 Å². The first-order valence-electron chi connectivity index (χ1n) is 8.75. The van der Waals surface area contributed by atoms with Gasteiger partial charge in [-0.05, 0) is 38.2 Å². The zero-order chi connectivity index (χ0) is 19.2. The van der Waals surface area contributed by atoms with E-state index in [0.717, 1.165) is 11.1 Å². The summed E-state index contributed by atoms with van der Waals surface area (Å²) in [4.78, 5) is 24.9. The summed E-state index contributed by atoms with van der Waals surface area (Å²) >= 11 is 0. The van der Waals surface area contributed by atoms with E-state index in [2.05, 4.69) is 6.58 Å². The van der Waals surface area contributed by atoms with Crippen LogP contribution in [0.3, 0.4) is 0 Å². The van der Waals surface area contributed by atoms with E-state index in [-0.39, 0.29) is 12.3 Å². The number of allylic oxidation sites excluding steroid dienone is 3. The van der Waals surface area contributed by atoms with Crippen molar-refractivity contribution in [1.82, 2.24) is 0 Å². The normalized spacial score (nSPS) is 36.2. The van der Waals surface area contributed by atoms with Crippen LogP contribution in [0.25, 0.3) is 0 Å². The summed E-state index contributed by atoms with van der Waals surface area (Å²) in [5.41, 5.74) is -0.198. The van der Waals surface area contributed by atoms with Crippen LogP contribution in [0.2, 0.25) is 0 Å². The van der Waals surface area contributed by atoms with Gasteiger partial charge in [-0.15, -0.1) is 0 Å². The number of esters is 1. The highest BCUT2D eigenvalue weighted by molar-refractivity contribution is 6.03. The van der Waals surface area contributed by atoms with Crippen molar-refractivity contribution in [3.05, 3.63) is 36.0 Å². The molecule has 0 unspecified atom stereocenters. The number of rotatable bonds is 2. The summed E-state index contributed by atoms with van der Waals surface area (Å²) in [7, 11) is 0. The molecule has 1 rings (SSSR count). The molecule has 25 heavy (non-hydrogen) atoms. The molecule has 140 valence electrons. The Morgan fingerprint density at radius 1 is 1.36 bits per heavy atom. The van der Waals surface area contributed by atoms with Crippen LogP contribution in [-0.4, -0.2) is 40.3 Å². The number of aliphatic hydroxyl groups excluding tert-OH is 1. The molecule has 1 aliphatic rings. The van der Waals surface area contributed by atoms with Gasteiger partial charge in [-0.25, -0.2) is 0 Å². The van der Waals surface area contributed by atoms with Gasteiger partial charge >= 0.3 is 5.97 Å². The molecule has 4 atom stereocenters. The van der Waals surface area contributed by atoms with Gasteiger partial charge in [0.05, 0.1) is 6.61 Å². The van der Waals surface area contributed by atoms with Crippen molar-refractivity contribution in [2.75, 3.05) is 6.61 Å². The van der Waals surface area contributed by atoms with Crippen LogP contribution in [-0.2, 0) is 14.3 Å². The van der Waals surface area contributed by atoms with Crippen LogP contribution < -0.4 is 0 Å². The van der Waals surface area contributed by atoms with E-state index in [4.69, 9.17) is 4.74 Å². The van der Waals surface area contributed by atoms with Crippen LogP contribution in [0.5, 0.6) is 0 Å². The predicted molar refractivity (Wildman–Crippen MR) is 96.8 cm³/mol. The van der Waals surface area contributed by atoms with Crippen LogP contribution in [0.15, 0.2) is 36.0 Å². The van der Waals surface area contributed by atoms with Gasteiger partial charge in [-0.3, -0.25) is 9.59 Å². The molecule has 0 aromatic rings. The largest absolute Gasteiger partial charge is 0.457 e. The van der Waals surface area contributed by atoms with Gasteiger partial charge < -0.3 is 14.9 Å². The van der Waals surface area contributed by atoms with Crippen molar-refractivity contribution in [3.8, 4) is 0 Å². The fourth-order valence-electron chi connectivity index (χ4n) is 2.94. The quantitative estimate of drug-likeness (QED) is 0.454. The third-order valence-electron chi connectivity index (χ3n) is 4.54. The lowest BCUT2D eigenvalue weighted by Gasteiger charge is -2.27. The Morgan fingerprint density at radius 3 is 2.56 bits per heavy atom. The van der Waals surface area contributed by atoms with Gasteiger partial charge in [0.15, 0.2) is 5.78 Å². The summed E-state index contributed by atoms with van der Waals surface area (Å²) in [6.45, 7) is 10.5. The summed E-state index contributed by atoms with van der Waals surface area (Å²) < 4.78 is 5.47. The van der Waals surface area contributed by atoms with Gasteiger partial charge in [0.25, 0.3) is 0 Å². The fraction of sp³-hybridized carbons (Fsp3) is 0.600. The molecule has 0 fully saturated rings. The minimum Gasteiger partial charge on any atom is -0.457 e. The van der Waals surface area contributed by atoms with Crippen LogP contribution in [0, 0.1) is 11.8 Å². The standard InChI is InChI=1S/C20H30O5/c1-6-17-15(4)11-14(3)10-13(2)8-7-9-20(24,12-21)18(22)16(5)19(23)25-17/h7-8,11,13,16-17,21,24H,3,6,9-10,12H2,1-2,4-5H3/b8-7-,15-11+/t13-,16-,17+,20+/m1/s1. The van der Waals surface area contributed by atoms with E-state index in [1.165, 1.54) is 6.92 Å². The maximum atomic E-state index is 12.5. The van der Waals surface area contributed by atoms with Gasteiger partial charge in [-0.1, -0.05) is 44.2 Å². The zero-order valence-electron chi connectivity index (χ0n) is 15.6. The Labute approximate surface area is 150 Å². The first-order chi connectivity index (χ1) is 11.6. The van der Waals surface area contributed by atoms with Crippen molar-refractivity contribution >= 4 is 11.8 Å². The van der Waals surface area contributed by atoms with Crippen molar-refractivity contribution in [1.29, 1.82) is 0 Å². The molecule has 0 amide bonds. The average molecular weight is 350 g/mol. The molecule has 0 aliphatic carbocycles. The maximum Gasteiger partial charge on any atom is 0.316 e. The van der Waals surface area contributed by atoms with Crippen LogP contribution >= 0.6 is 0 Å². The minimum absolute atomic E-state index is 0.0527. The van der Waals surface area contributed by atoms with Gasteiger partial charge in [0, 0.05) is 6.42 Å². The minimum atomic E-state index is -1.98.